The van der Waals surface area contributed by atoms with Gasteiger partial charge in [-0.2, -0.15) is 5.26 Å². The number of esters is 2. The first-order valence-corrected chi connectivity index (χ1v) is 12.5. The fourth-order valence-corrected chi connectivity index (χ4v) is 4.88. The number of carbonyl (C=O) groups is 3. The van der Waals surface area contributed by atoms with Crippen LogP contribution >= 0.6 is 11.3 Å². The summed E-state index contributed by atoms with van der Waals surface area (Å²) >= 11 is 0.929. The SMILES string of the molecule is CCOC(=O)c1sc(CC(=O)/C(C#N)=C/c2ccc(-c3ccc(OC)cc3[N+](=O)[O-])o2)c(C(=O)OCC)c1C. The number of carbonyl (C=O) groups excluding carboxylic acids is 3. The second-order valence-electron chi connectivity index (χ2n) is 7.91. The predicted molar refractivity (Wildman–Crippen MR) is 141 cm³/mol. The Balaban J connectivity index is 1.94. The zero-order valence-corrected chi connectivity index (χ0v) is 22.4. The Bertz CT molecular complexity index is 1510. The third kappa shape index (κ3) is 6.39. The lowest BCUT2D eigenvalue weighted by molar-refractivity contribution is -0.384. The van der Waals surface area contributed by atoms with Gasteiger partial charge in [-0.25, -0.2) is 9.59 Å². The van der Waals surface area contributed by atoms with Gasteiger partial charge in [-0.3, -0.25) is 14.9 Å². The molecule has 2 aromatic heterocycles. The summed E-state index contributed by atoms with van der Waals surface area (Å²) in [5, 5.41) is 21.2. The molecular weight excluding hydrogens is 528 g/mol. The van der Waals surface area contributed by atoms with E-state index in [1.54, 1.807) is 26.8 Å². The van der Waals surface area contributed by atoms with E-state index in [1.807, 2.05) is 6.07 Å². The number of ketones is 1. The highest BCUT2D eigenvalue weighted by molar-refractivity contribution is 7.14. The van der Waals surface area contributed by atoms with Gasteiger partial charge in [0.15, 0.2) is 5.78 Å². The Morgan fingerprint density at radius 3 is 2.44 bits per heavy atom. The smallest absolute Gasteiger partial charge is 0.348 e. The maximum atomic E-state index is 13.1. The van der Waals surface area contributed by atoms with Crippen LogP contribution in [0.3, 0.4) is 0 Å². The number of nitrogens with zero attached hydrogens (tertiary/aromatic N) is 2. The molecule has 0 unspecified atom stereocenters. The van der Waals surface area contributed by atoms with Crippen LogP contribution in [0.25, 0.3) is 17.4 Å². The van der Waals surface area contributed by atoms with Crippen LogP contribution in [0, 0.1) is 28.4 Å². The lowest BCUT2D eigenvalue weighted by Crippen LogP contribution is -2.12. The molecule has 0 spiro atoms. The maximum Gasteiger partial charge on any atom is 0.348 e. The van der Waals surface area contributed by atoms with Crippen molar-refractivity contribution in [2.24, 2.45) is 0 Å². The number of Topliss-reactive ketones (excluding diaryl/α,β-unsaturated/α-hetero) is 1. The van der Waals surface area contributed by atoms with Gasteiger partial charge in [0, 0.05) is 17.4 Å². The van der Waals surface area contributed by atoms with Gasteiger partial charge in [0.25, 0.3) is 5.69 Å². The number of hydrogen-bond acceptors (Lipinski definition) is 11. The van der Waals surface area contributed by atoms with Gasteiger partial charge in [0.05, 0.1) is 48.0 Å². The van der Waals surface area contributed by atoms with Crippen molar-refractivity contribution in [1.29, 1.82) is 5.26 Å². The molecule has 11 nitrogen and oxygen atoms in total. The van der Waals surface area contributed by atoms with Gasteiger partial charge in [0.2, 0.25) is 0 Å². The molecule has 0 aliphatic rings. The highest BCUT2D eigenvalue weighted by Gasteiger charge is 2.28. The van der Waals surface area contributed by atoms with Crippen LogP contribution in [0.1, 0.15) is 50.1 Å². The molecule has 0 bridgehead atoms. The average molecular weight is 553 g/mol. The maximum absolute atomic E-state index is 13.1. The third-order valence-electron chi connectivity index (χ3n) is 5.48. The number of furan rings is 1. The zero-order chi connectivity index (χ0) is 28.7. The van der Waals surface area contributed by atoms with Gasteiger partial charge >= 0.3 is 11.9 Å². The molecule has 12 heteroatoms. The van der Waals surface area contributed by atoms with E-state index >= 15 is 0 Å². The topological polar surface area (TPSA) is 159 Å². The van der Waals surface area contributed by atoms with E-state index in [9.17, 15) is 29.8 Å². The summed E-state index contributed by atoms with van der Waals surface area (Å²) in [5.74, 6) is -1.39. The van der Waals surface area contributed by atoms with Crippen molar-refractivity contribution in [2.45, 2.75) is 27.2 Å². The third-order valence-corrected chi connectivity index (χ3v) is 6.75. The first-order chi connectivity index (χ1) is 18.6. The summed E-state index contributed by atoms with van der Waals surface area (Å²) in [6, 6.07) is 9.04. The van der Waals surface area contributed by atoms with Gasteiger partial charge in [-0.05, 0) is 50.6 Å². The van der Waals surface area contributed by atoms with Crippen molar-refractivity contribution < 1.29 is 37.9 Å². The zero-order valence-electron chi connectivity index (χ0n) is 21.6. The molecule has 0 radical (unpaired) electrons. The number of methoxy groups -OCH3 is 1. The minimum Gasteiger partial charge on any atom is -0.497 e. The second kappa shape index (κ2) is 12.7. The van der Waals surface area contributed by atoms with Crippen molar-refractivity contribution in [3.63, 3.8) is 0 Å². The minimum atomic E-state index is -0.691. The summed E-state index contributed by atoms with van der Waals surface area (Å²) in [6.45, 7) is 5.06. The van der Waals surface area contributed by atoms with Crippen molar-refractivity contribution in [3.8, 4) is 23.1 Å². The predicted octanol–water partition coefficient (Wildman–Crippen LogP) is 5.31. The highest BCUT2D eigenvalue weighted by Crippen LogP contribution is 2.35. The van der Waals surface area contributed by atoms with Crippen LogP contribution in [0.2, 0.25) is 0 Å². The molecule has 0 amide bonds. The van der Waals surface area contributed by atoms with Crippen molar-refractivity contribution in [2.75, 3.05) is 20.3 Å². The molecule has 39 heavy (non-hydrogen) atoms. The molecule has 2 heterocycles. The molecule has 0 fully saturated rings. The number of benzene rings is 1. The number of nitro groups is 1. The van der Waals surface area contributed by atoms with Crippen molar-refractivity contribution in [3.05, 3.63) is 72.7 Å². The van der Waals surface area contributed by atoms with E-state index in [2.05, 4.69) is 0 Å². The largest absolute Gasteiger partial charge is 0.497 e. The molecule has 0 aliphatic carbocycles. The number of nitro benzene ring substituents is 1. The normalized spacial score (nSPS) is 11.0. The summed E-state index contributed by atoms with van der Waals surface area (Å²) in [4.78, 5) is 49.5. The Labute approximate surface area is 227 Å². The molecule has 202 valence electrons. The number of ether oxygens (including phenoxy) is 3. The van der Waals surface area contributed by atoms with Crippen molar-refractivity contribution in [1.82, 2.24) is 0 Å². The van der Waals surface area contributed by atoms with Crippen LogP contribution in [0.4, 0.5) is 5.69 Å². The van der Waals surface area contributed by atoms with E-state index in [0.29, 0.717) is 11.3 Å². The molecular formula is C27H24N2O9S. The first kappa shape index (κ1) is 28.8. The lowest BCUT2D eigenvalue weighted by Gasteiger charge is -2.05. The summed E-state index contributed by atoms with van der Waals surface area (Å²) in [7, 11) is 1.39. The standard InChI is InChI=1S/C27H24N2O9S/c1-5-36-26(31)24-15(3)25(27(32)37-6-2)39-23(24)13-21(30)16(14-28)11-18-8-10-22(38-18)19-9-7-17(35-4)12-20(19)29(33)34/h7-12H,5-6,13H2,1-4H3/b16-11+. The Morgan fingerprint density at radius 1 is 1.13 bits per heavy atom. The molecule has 0 aliphatic heterocycles. The molecule has 0 atom stereocenters. The van der Waals surface area contributed by atoms with E-state index in [0.717, 1.165) is 11.3 Å². The van der Waals surface area contributed by atoms with Crippen LogP contribution in [0.5, 0.6) is 5.75 Å². The van der Waals surface area contributed by atoms with Crippen LogP contribution in [0.15, 0.2) is 40.3 Å². The number of thiophene rings is 1. The van der Waals surface area contributed by atoms with Crippen LogP contribution in [-0.2, 0) is 20.7 Å². The molecule has 0 N–H and O–H groups in total. The summed E-state index contributed by atoms with van der Waals surface area (Å²) in [6.07, 6.45) is 0.855. The number of hydrogen-bond donors (Lipinski definition) is 0. The Hall–Kier alpha value is -4.76. The van der Waals surface area contributed by atoms with Crippen LogP contribution in [-0.4, -0.2) is 43.0 Å². The lowest BCUT2D eigenvalue weighted by atomic mass is 10.0. The number of allylic oxidation sites excluding steroid dienone is 1. The quantitative estimate of drug-likeness (QED) is 0.100. The van der Waals surface area contributed by atoms with Gasteiger partial charge in [0.1, 0.15) is 28.2 Å². The molecule has 0 saturated carbocycles. The summed E-state index contributed by atoms with van der Waals surface area (Å²) < 4.78 is 20.9. The molecule has 3 aromatic rings. The van der Waals surface area contributed by atoms with Crippen LogP contribution < -0.4 is 4.74 Å². The number of rotatable bonds is 11. The van der Waals surface area contributed by atoms with E-state index in [4.69, 9.17) is 18.6 Å². The van der Waals surface area contributed by atoms with Gasteiger partial charge in [-0.1, -0.05) is 0 Å². The fraction of sp³-hybridized carbons (Fsp3) is 0.259. The molecule has 1 aromatic carbocycles. The first-order valence-electron chi connectivity index (χ1n) is 11.7. The second-order valence-corrected chi connectivity index (χ2v) is 9.01. The van der Waals surface area contributed by atoms with Gasteiger partial charge in [-0.15, -0.1) is 11.3 Å². The number of nitriles is 1. The Kier molecular flexibility index (Phi) is 9.35. The summed E-state index contributed by atoms with van der Waals surface area (Å²) in [5.41, 5.74) is 0.0814. The van der Waals surface area contributed by atoms with E-state index in [-0.39, 0.29) is 63.3 Å². The molecule has 0 saturated heterocycles. The molecule has 3 rings (SSSR count). The van der Waals surface area contributed by atoms with E-state index < -0.39 is 22.6 Å². The minimum absolute atomic E-state index is 0.0858. The average Bonchev–Trinajstić information content (AvgIpc) is 3.51. The van der Waals surface area contributed by atoms with Gasteiger partial charge < -0.3 is 18.6 Å². The van der Waals surface area contributed by atoms with E-state index in [1.165, 1.54) is 37.5 Å². The van der Waals surface area contributed by atoms with Crippen molar-refractivity contribution >= 4 is 40.8 Å². The monoisotopic (exact) mass is 552 g/mol. The Morgan fingerprint density at radius 2 is 1.82 bits per heavy atom. The fourth-order valence-electron chi connectivity index (χ4n) is 3.69. The highest BCUT2D eigenvalue weighted by atomic mass is 32.1.